The minimum absolute atomic E-state index is 0.00879. The Labute approximate surface area is 101 Å². The lowest BCUT2D eigenvalue weighted by Crippen LogP contribution is -1.95. The van der Waals surface area contributed by atoms with Gasteiger partial charge in [0.25, 0.3) is 0 Å². The molecule has 0 aliphatic carbocycles. The summed E-state index contributed by atoms with van der Waals surface area (Å²) in [5.41, 5.74) is 2.56. The Morgan fingerprint density at radius 1 is 1.35 bits per heavy atom. The molecule has 3 heteroatoms. The van der Waals surface area contributed by atoms with Crippen molar-refractivity contribution >= 4 is 11.0 Å². The van der Waals surface area contributed by atoms with E-state index in [9.17, 15) is 4.79 Å². The summed E-state index contributed by atoms with van der Waals surface area (Å²) in [5.74, 6) is 1.31. The topological polar surface area (TPSA) is 45.8 Å². The van der Waals surface area contributed by atoms with Gasteiger partial charge in [0, 0.05) is 6.42 Å². The third-order valence-electron chi connectivity index (χ3n) is 2.91. The van der Waals surface area contributed by atoms with E-state index in [0.29, 0.717) is 11.4 Å². The molecule has 0 aliphatic rings. The van der Waals surface area contributed by atoms with Gasteiger partial charge in [0.05, 0.1) is 5.52 Å². The summed E-state index contributed by atoms with van der Waals surface area (Å²) < 4.78 is 0. The molecule has 0 unspecified atom stereocenters. The van der Waals surface area contributed by atoms with Gasteiger partial charge in [-0.2, -0.15) is 0 Å². The van der Waals surface area contributed by atoms with Gasteiger partial charge in [-0.1, -0.05) is 26.8 Å². The summed E-state index contributed by atoms with van der Waals surface area (Å²) >= 11 is 0. The van der Waals surface area contributed by atoms with Crippen LogP contribution < -0.4 is 5.43 Å². The first-order valence-corrected chi connectivity index (χ1v) is 6.14. The molecule has 0 radical (unpaired) electrons. The predicted molar refractivity (Wildman–Crippen MR) is 70.4 cm³/mol. The molecule has 1 aromatic heterocycles. The Kier molecular flexibility index (Phi) is 3.27. The Morgan fingerprint density at radius 2 is 2.12 bits per heavy atom. The van der Waals surface area contributed by atoms with Crippen LogP contribution in [0.25, 0.3) is 11.0 Å². The monoisotopic (exact) mass is 230 g/mol. The minimum Gasteiger partial charge on any atom is -0.342 e. The van der Waals surface area contributed by atoms with Crippen molar-refractivity contribution in [2.75, 3.05) is 0 Å². The van der Waals surface area contributed by atoms with E-state index in [4.69, 9.17) is 0 Å². The van der Waals surface area contributed by atoms with Crippen LogP contribution in [0.3, 0.4) is 0 Å². The highest BCUT2D eigenvalue weighted by atomic mass is 16.1. The van der Waals surface area contributed by atoms with E-state index in [0.717, 1.165) is 29.7 Å². The van der Waals surface area contributed by atoms with Crippen LogP contribution >= 0.6 is 0 Å². The molecule has 0 fully saturated rings. The van der Waals surface area contributed by atoms with Gasteiger partial charge in [0.2, 0.25) is 5.43 Å². The van der Waals surface area contributed by atoms with Crippen molar-refractivity contribution in [1.29, 1.82) is 0 Å². The van der Waals surface area contributed by atoms with Gasteiger partial charge in [0.1, 0.15) is 11.3 Å². The first-order chi connectivity index (χ1) is 8.11. The maximum Gasteiger partial charge on any atom is 0.206 e. The fourth-order valence-electron chi connectivity index (χ4n) is 1.91. The molecule has 0 atom stereocenters. The summed E-state index contributed by atoms with van der Waals surface area (Å²) in [7, 11) is 0. The Hall–Kier alpha value is -1.64. The number of imidazole rings is 1. The van der Waals surface area contributed by atoms with Crippen molar-refractivity contribution in [1.82, 2.24) is 9.97 Å². The number of fused-ring (bicyclic) bond motifs is 1. The fraction of sp³-hybridized carbons (Fsp3) is 0.429. The molecule has 17 heavy (non-hydrogen) atoms. The van der Waals surface area contributed by atoms with Gasteiger partial charge in [0.15, 0.2) is 0 Å². The molecule has 2 rings (SSSR count). The van der Waals surface area contributed by atoms with Crippen LogP contribution in [-0.2, 0) is 6.42 Å². The third-order valence-corrected chi connectivity index (χ3v) is 2.91. The minimum atomic E-state index is -0.00879. The predicted octanol–water partition coefficient (Wildman–Crippen LogP) is 3.00. The highest BCUT2D eigenvalue weighted by molar-refractivity contribution is 5.74. The van der Waals surface area contributed by atoms with E-state index >= 15 is 0 Å². The first-order valence-electron chi connectivity index (χ1n) is 6.14. The van der Waals surface area contributed by atoms with Crippen LogP contribution in [0.1, 0.15) is 44.5 Å². The second-order valence-electron chi connectivity index (χ2n) is 4.69. The molecule has 1 heterocycles. The summed E-state index contributed by atoms with van der Waals surface area (Å²) in [4.78, 5) is 19.5. The zero-order chi connectivity index (χ0) is 12.4. The average molecular weight is 230 g/mol. The molecule has 2 aromatic rings. The molecule has 0 amide bonds. The second kappa shape index (κ2) is 4.70. The van der Waals surface area contributed by atoms with E-state index in [2.05, 4.69) is 30.7 Å². The van der Waals surface area contributed by atoms with Gasteiger partial charge in [-0.15, -0.1) is 0 Å². The molecule has 90 valence electrons. The third kappa shape index (κ3) is 2.38. The van der Waals surface area contributed by atoms with E-state index in [-0.39, 0.29) is 5.43 Å². The quantitative estimate of drug-likeness (QED) is 0.881. The summed E-state index contributed by atoms with van der Waals surface area (Å²) in [6.07, 6.45) is 1.91. The van der Waals surface area contributed by atoms with Crippen molar-refractivity contribution < 1.29 is 0 Å². The van der Waals surface area contributed by atoms with Crippen LogP contribution in [0.2, 0.25) is 0 Å². The number of hydrogen-bond acceptors (Lipinski definition) is 2. The van der Waals surface area contributed by atoms with Gasteiger partial charge < -0.3 is 4.98 Å². The number of aryl methyl sites for hydroxylation is 1. The number of nitrogens with zero attached hydrogens (tertiary/aromatic N) is 1. The van der Waals surface area contributed by atoms with Crippen LogP contribution in [0.5, 0.6) is 0 Å². The van der Waals surface area contributed by atoms with Gasteiger partial charge >= 0.3 is 0 Å². The van der Waals surface area contributed by atoms with Crippen LogP contribution in [0.4, 0.5) is 0 Å². The van der Waals surface area contributed by atoms with E-state index in [1.54, 1.807) is 6.07 Å². The van der Waals surface area contributed by atoms with Gasteiger partial charge in [-0.3, -0.25) is 4.79 Å². The average Bonchev–Trinajstić information content (AvgIpc) is 2.60. The molecular weight excluding hydrogens is 212 g/mol. The molecule has 3 nitrogen and oxygen atoms in total. The molecule has 0 bridgehead atoms. The molecule has 0 aliphatic heterocycles. The normalized spacial score (nSPS) is 11.3. The molecule has 1 N–H and O–H groups in total. The maximum absolute atomic E-state index is 11.9. The molecule has 0 saturated carbocycles. The molecular formula is C14H18N2O. The zero-order valence-electron chi connectivity index (χ0n) is 10.6. The lowest BCUT2D eigenvalue weighted by atomic mass is 10.1. The lowest BCUT2D eigenvalue weighted by Gasteiger charge is -2.00. The van der Waals surface area contributed by atoms with Crippen LogP contribution in [0.15, 0.2) is 23.0 Å². The van der Waals surface area contributed by atoms with E-state index in [1.165, 1.54) is 0 Å². The number of H-pyrrole nitrogens is 1. The maximum atomic E-state index is 11.9. The van der Waals surface area contributed by atoms with Crippen LogP contribution in [0, 0.1) is 0 Å². The van der Waals surface area contributed by atoms with Crippen molar-refractivity contribution in [3.05, 3.63) is 39.8 Å². The second-order valence-corrected chi connectivity index (χ2v) is 4.69. The molecule has 1 aromatic carbocycles. The highest BCUT2D eigenvalue weighted by Gasteiger charge is 2.06. The number of hydrogen-bond donors (Lipinski definition) is 1. The van der Waals surface area contributed by atoms with Crippen molar-refractivity contribution in [3.8, 4) is 0 Å². The number of rotatable bonds is 3. The number of aromatic amines is 1. The summed E-state index contributed by atoms with van der Waals surface area (Å²) in [5, 5.41) is 0. The smallest absolute Gasteiger partial charge is 0.206 e. The summed E-state index contributed by atoms with van der Waals surface area (Å²) in [6.45, 7) is 6.34. The Morgan fingerprint density at radius 3 is 2.76 bits per heavy atom. The highest BCUT2D eigenvalue weighted by Crippen LogP contribution is 2.16. The number of aromatic nitrogens is 2. The molecule has 0 saturated heterocycles. The van der Waals surface area contributed by atoms with Crippen molar-refractivity contribution in [2.24, 2.45) is 0 Å². The fourth-order valence-corrected chi connectivity index (χ4v) is 1.91. The largest absolute Gasteiger partial charge is 0.342 e. The number of nitrogens with one attached hydrogen (secondary N) is 1. The summed E-state index contributed by atoms with van der Waals surface area (Å²) in [6, 6.07) is 5.55. The standard InChI is InChI=1S/C14H18N2O/c1-4-5-13-15-11-8-10(9(2)3)6-7-12(17)14(11)16-13/h6-9H,4-5H2,1-3H3,(H,15,16). The Bertz CT molecular complexity index is 584. The van der Waals surface area contributed by atoms with Crippen LogP contribution in [-0.4, -0.2) is 9.97 Å². The van der Waals surface area contributed by atoms with Gasteiger partial charge in [-0.05, 0) is 30.0 Å². The molecule has 0 spiro atoms. The van der Waals surface area contributed by atoms with E-state index < -0.39 is 0 Å². The zero-order valence-corrected chi connectivity index (χ0v) is 10.6. The SMILES string of the molecule is CCCc1nc2c(=O)ccc(C(C)C)cc2[nH]1. The van der Waals surface area contributed by atoms with Gasteiger partial charge in [-0.25, -0.2) is 4.98 Å². The lowest BCUT2D eigenvalue weighted by molar-refractivity contribution is 0.858. The van der Waals surface area contributed by atoms with E-state index in [1.807, 2.05) is 12.1 Å². The van der Waals surface area contributed by atoms with Crippen molar-refractivity contribution in [3.63, 3.8) is 0 Å². The first kappa shape index (κ1) is 11.8. The Balaban J connectivity index is 2.67. The van der Waals surface area contributed by atoms with Crippen molar-refractivity contribution in [2.45, 2.75) is 39.5 Å².